The van der Waals surface area contributed by atoms with E-state index in [1.807, 2.05) is 13.0 Å². The number of benzene rings is 1. The molecule has 0 aliphatic rings. The topological polar surface area (TPSA) is 67.5 Å². The van der Waals surface area contributed by atoms with Gasteiger partial charge in [0, 0.05) is 21.7 Å². The third kappa shape index (κ3) is 2.87. The Labute approximate surface area is 118 Å². The average molecular weight is 360 g/mol. The first-order valence-electron chi connectivity index (χ1n) is 5.32. The molecule has 2 N–H and O–H groups in total. The summed E-state index contributed by atoms with van der Waals surface area (Å²) in [5.74, 6) is 1.99. The van der Waals surface area contributed by atoms with E-state index in [0.29, 0.717) is 18.1 Å². The Balaban J connectivity index is 2.16. The summed E-state index contributed by atoms with van der Waals surface area (Å²) in [5, 5.41) is 16.9. The minimum atomic E-state index is 0.144. The van der Waals surface area contributed by atoms with Gasteiger partial charge in [-0.25, -0.2) is 0 Å². The van der Waals surface area contributed by atoms with Crippen LogP contribution in [0.1, 0.15) is 11.3 Å². The van der Waals surface area contributed by atoms with Gasteiger partial charge in [0.1, 0.15) is 5.76 Å². The quantitative estimate of drug-likeness (QED) is 0.821. The Hall–Kier alpha value is -1.44. The number of anilines is 1. The van der Waals surface area contributed by atoms with Crippen molar-refractivity contribution in [1.29, 1.82) is 0 Å². The van der Waals surface area contributed by atoms with Gasteiger partial charge < -0.3 is 19.7 Å². The highest BCUT2D eigenvalue weighted by Gasteiger charge is 2.10. The van der Waals surface area contributed by atoms with Crippen molar-refractivity contribution in [2.45, 2.75) is 13.5 Å². The number of methoxy groups -OCH3 is 1. The van der Waals surface area contributed by atoms with Gasteiger partial charge in [-0.15, -0.1) is 0 Å². The van der Waals surface area contributed by atoms with Crippen LogP contribution in [0.15, 0.2) is 22.7 Å². The van der Waals surface area contributed by atoms with Gasteiger partial charge in [-0.05, 0) is 41.6 Å². The lowest BCUT2D eigenvalue weighted by Crippen LogP contribution is -2.01. The minimum Gasteiger partial charge on any atom is -0.504 e. The SMILES string of the molecule is COc1cc(I)cc(CNc2cc(C)on2)c1O. The zero-order valence-corrected chi connectivity index (χ0v) is 12.2. The molecule has 0 amide bonds. The smallest absolute Gasteiger partial charge is 0.169 e. The molecule has 2 rings (SSSR count). The summed E-state index contributed by atoms with van der Waals surface area (Å²) in [6.07, 6.45) is 0. The predicted octanol–water partition coefficient (Wildman–Crippen LogP) is 2.91. The number of nitrogens with zero attached hydrogens (tertiary/aromatic N) is 1. The van der Waals surface area contributed by atoms with Gasteiger partial charge in [-0.2, -0.15) is 0 Å². The average Bonchev–Trinajstić information content (AvgIpc) is 2.75. The summed E-state index contributed by atoms with van der Waals surface area (Å²) in [4.78, 5) is 0. The number of hydrogen-bond donors (Lipinski definition) is 2. The van der Waals surface area contributed by atoms with E-state index >= 15 is 0 Å². The normalized spacial score (nSPS) is 10.4. The van der Waals surface area contributed by atoms with Gasteiger partial charge in [0.2, 0.25) is 0 Å². The molecule has 0 aliphatic carbocycles. The molecule has 0 radical (unpaired) electrons. The summed E-state index contributed by atoms with van der Waals surface area (Å²) in [7, 11) is 1.53. The highest BCUT2D eigenvalue weighted by molar-refractivity contribution is 14.1. The molecular weight excluding hydrogens is 347 g/mol. The number of aromatic nitrogens is 1. The molecule has 1 aromatic heterocycles. The van der Waals surface area contributed by atoms with E-state index < -0.39 is 0 Å². The van der Waals surface area contributed by atoms with Crippen LogP contribution in [0, 0.1) is 10.5 Å². The van der Waals surface area contributed by atoms with Gasteiger partial charge >= 0.3 is 0 Å². The van der Waals surface area contributed by atoms with Crippen LogP contribution in [0.2, 0.25) is 0 Å². The number of rotatable bonds is 4. The van der Waals surface area contributed by atoms with Crippen molar-refractivity contribution < 1.29 is 14.4 Å². The van der Waals surface area contributed by atoms with Gasteiger partial charge in [-0.1, -0.05) is 5.16 Å². The Kier molecular flexibility index (Phi) is 3.95. The largest absolute Gasteiger partial charge is 0.504 e. The number of phenolic OH excluding ortho intramolecular Hbond substituents is 1. The summed E-state index contributed by atoms with van der Waals surface area (Å²) >= 11 is 2.18. The Bertz CT molecular complexity index is 554. The number of aryl methyl sites for hydroxylation is 1. The van der Waals surface area contributed by atoms with E-state index in [1.54, 1.807) is 12.1 Å². The predicted molar refractivity (Wildman–Crippen MR) is 75.9 cm³/mol. The summed E-state index contributed by atoms with van der Waals surface area (Å²) in [6, 6.07) is 5.46. The molecule has 5 nitrogen and oxygen atoms in total. The van der Waals surface area contributed by atoms with Crippen molar-refractivity contribution in [3.63, 3.8) is 0 Å². The molecule has 1 heterocycles. The molecule has 2 aromatic rings. The van der Waals surface area contributed by atoms with Gasteiger partial charge in [0.15, 0.2) is 17.3 Å². The maximum Gasteiger partial charge on any atom is 0.169 e. The number of phenols is 1. The van der Waals surface area contributed by atoms with Gasteiger partial charge in [-0.3, -0.25) is 0 Å². The molecule has 0 spiro atoms. The molecular formula is C12H13IN2O3. The Morgan fingerprint density at radius 2 is 2.22 bits per heavy atom. The first-order chi connectivity index (χ1) is 8.60. The van der Waals surface area contributed by atoms with Crippen LogP contribution in [0.4, 0.5) is 5.82 Å². The third-order valence-electron chi connectivity index (χ3n) is 2.43. The molecule has 1 aromatic carbocycles. The monoisotopic (exact) mass is 360 g/mol. The van der Waals surface area contributed by atoms with Crippen LogP contribution in [-0.4, -0.2) is 17.4 Å². The number of halogens is 1. The molecule has 0 fully saturated rings. The first-order valence-corrected chi connectivity index (χ1v) is 6.40. The third-order valence-corrected chi connectivity index (χ3v) is 3.05. The molecule has 96 valence electrons. The zero-order valence-electron chi connectivity index (χ0n) is 10.0. The lowest BCUT2D eigenvalue weighted by atomic mass is 10.2. The van der Waals surface area contributed by atoms with Crippen molar-refractivity contribution in [3.8, 4) is 11.5 Å². The van der Waals surface area contributed by atoms with Crippen LogP contribution in [0.25, 0.3) is 0 Å². The lowest BCUT2D eigenvalue weighted by Gasteiger charge is -2.10. The fourth-order valence-electron chi connectivity index (χ4n) is 1.55. The van der Waals surface area contributed by atoms with E-state index in [0.717, 1.165) is 14.9 Å². The number of ether oxygens (including phenoxy) is 1. The molecule has 6 heteroatoms. The van der Waals surface area contributed by atoms with Crippen molar-refractivity contribution in [3.05, 3.63) is 33.1 Å². The van der Waals surface area contributed by atoms with Crippen LogP contribution in [-0.2, 0) is 6.54 Å². The second-order valence-electron chi connectivity index (χ2n) is 3.79. The van der Waals surface area contributed by atoms with Crippen LogP contribution in [0.3, 0.4) is 0 Å². The van der Waals surface area contributed by atoms with Crippen LogP contribution in [0.5, 0.6) is 11.5 Å². The standard InChI is InChI=1S/C12H13IN2O3/c1-7-3-11(15-18-7)14-6-8-4-9(13)5-10(17-2)12(8)16/h3-5,16H,6H2,1-2H3,(H,14,15). The number of aromatic hydroxyl groups is 1. The summed E-state index contributed by atoms with van der Waals surface area (Å²) in [5.41, 5.74) is 0.749. The zero-order chi connectivity index (χ0) is 13.1. The van der Waals surface area contributed by atoms with E-state index in [-0.39, 0.29) is 5.75 Å². The molecule has 0 saturated carbocycles. The van der Waals surface area contributed by atoms with Gasteiger partial charge in [0.05, 0.1) is 7.11 Å². The van der Waals surface area contributed by atoms with Crippen molar-refractivity contribution in [1.82, 2.24) is 5.16 Å². The molecule has 0 unspecified atom stereocenters. The van der Waals surface area contributed by atoms with Crippen molar-refractivity contribution >= 4 is 28.4 Å². The maximum absolute atomic E-state index is 9.98. The molecule has 0 atom stereocenters. The maximum atomic E-state index is 9.98. The molecule has 0 bridgehead atoms. The van der Waals surface area contributed by atoms with Crippen molar-refractivity contribution in [2.75, 3.05) is 12.4 Å². The lowest BCUT2D eigenvalue weighted by molar-refractivity contribution is 0.370. The van der Waals surface area contributed by atoms with Crippen molar-refractivity contribution in [2.24, 2.45) is 0 Å². The van der Waals surface area contributed by atoms with E-state index in [4.69, 9.17) is 9.26 Å². The minimum absolute atomic E-state index is 0.144. The number of nitrogens with one attached hydrogen (secondary N) is 1. The van der Waals surface area contributed by atoms with E-state index in [1.165, 1.54) is 7.11 Å². The van der Waals surface area contributed by atoms with E-state index in [9.17, 15) is 5.11 Å². The second-order valence-corrected chi connectivity index (χ2v) is 5.04. The molecule has 0 aliphatic heterocycles. The fraction of sp³-hybridized carbons (Fsp3) is 0.250. The second kappa shape index (κ2) is 5.47. The number of hydrogen-bond acceptors (Lipinski definition) is 5. The van der Waals surface area contributed by atoms with Crippen LogP contribution >= 0.6 is 22.6 Å². The summed E-state index contributed by atoms with van der Waals surface area (Å²) in [6.45, 7) is 2.27. The summed E-state index contributed by atoms with van der Waals surface area (Å²) < 4.78 is 11.1. The van der Waals surface area contributed by atoms with E-state index in [2.05, 4.69) is 33.1 Å². The highest BCUT2D eigenvalue weighted by atomic mass is 127. The van der Waals surface area contributed by atoms with Gasteiger partial charge in [0.25, 0.3) is 0 Å². The Morgan fingerprint density at radius 1 is 1.44 bits per heavy atom. The Morgan fingerprint density at radius 3 is 2.83 bits per heavy atom. The molecule has 0 saturated heterocycles. The van der Waals surface area contributed by atoms with Crippen LogP contribution < -0.4 is 10.1 Å². The highest BCUT2D eigenvalue weighted by Crippen LogP contribution is 2.32. The first kappa shape index (κ1) is 13.0. The fourth-order valence-corrected chi connectivity index (χ4v) is 2.21. The molecule has 18 heavy (non-hydrogen) atoms.